The van der Waals surface area contributed by atoms with Gasteiger partial charge in [-0.1, -0.05) is 270 Å². The molecule has 3 aliphatic rings. The highest BCUT2D eigenvalue weighted by Crippen LogP contribution is 2.59. The Morgan fingerprint density at radius 1 is 0.351 bits per heavy atom. The Hall–Kier alpha value is -9.55. The lowest BCUT2D eigenvalue weighted by Crippen LogP contribution is -2.65. The third kappa shape index (κ3) is 8.79. The van der Waals surface area contributed by atoms with Crippen molar-refractivity contribution in [2.75, 3.05) is 4.90 Å². The maximum absolute atomic E-state index is 10.1. The lowest BCUT2D eigenvalue weighted by Gasteiger charge is -2.51. The molecule has 12 aromatic carbocycles. The van der Waals surface area contributed by atoms with E-state index in [9.17, 15) is 11.0 Å². The van der Waals surface area contributed by atoms with E-state index in [2.05, 4.69) is 299 Å². The van der Waals surface area contributed by atoms with Crippen molar-refractivity contribution in [2.24, 2.45) is 0 Å². The molecule has 0 aliphatic carbocycles. The van der Waals surface area contributed by atoms with Crippen LogP contribution in [0.2, 0.25) is 0 Å². The Labute approximate surface area is 570 Å². The molecule has 0 saturated carbocycles. The fourth-order valence-electron chi connectivity index (χ4n) is 15.7. The van der Waals surface area contributed by atoms with Gasteiger partial charge in [0.1, 0.15) is 0 Å². The third-order valence-electron chi connectivity index (χ3n) is 20.5. The van der Waals surface area contributed by atoms with Crippen LogP contribution in [0.3, 0.4) is 0 Å². The average Bonchev–Trinajstić information content (AvgIpc) is 0.695. The molecule has 0 radical (unpaired) electrons. The summed E-state index contributed by atoms with van der Waals surface area (Å²) in [6.07, 6.45) is 0. The summed E-state index contributed by atoms with van der Waals surface area (Å²) in [7, 11) is 0. The van der Waals surface area contributed by atoms with E-state index < -0.39 is 36.3 Å². The number of hydrogen-bond acceptors (Lipinski definition) is 2. The predicted molar refractivity (Wildman–Crippen MR) is 403 cm³/mol. The van der Waals surface area contributed by atoms with Crippen molar-refractivity contribution in [1.82, 2.24) is 9.13 Å². The van der Waals surface area contributed by atoms with Crippen LogP contribution >= 0.6 is 11.8 Å². The van der Waals surface area contributed by atoms with Gasteiger partial charge in [0.15, 0.2) is 0 Å². The number of benzene rings is 12. The molecule has 3 nitrogen and oxygen atoms in total. The molecule has 14 aromatic rings. The molecule has 458 valence electrons. The minimum atomic E-state index is -1.11. The fraction of sp³-hybridized carbons (Fsp3) is 0.191. The van der Waals surface area contributed by atoms with E-state index in [0.717, 1.165) is 110 Å². The van der Waals surface area contributed by atoms with E-state index >= 15 is 0 Å². The summed E-state index contributed by atoms with van der Waals surface area (Å²) in [5.41, 5.74) is 21.0. The van der Waals surface area contributed by atoms with Gasteiger partial charge in [-0.25, -0.2) is 0 Å². The van der Waals surface area contributed by atoms with E-state index in [1.807, 2.05) is 0 Å². The van der Waals surface area contributed by atoms with Crippen molar-refractivity contribution in [3.63, 3.8) is 0 Å². The smallest absolute Gasteiger partial charge is 0.247 e. The lowest BCUT2D eigenvalue weighted by molar-refractivity contribution is 0.590. The van der Waals surface area contributed by atoms with Gasteiger partial charge in [-0.15, -0.1) is 0 Å². The van der Waals surface area contributed by atoms with E-state index in [1.54, 1.807) is 16.3 Å². The summed E-state index contributed by atoms with van der Waals surface area (Å²) in [6.45, 7) is 26.7. The zero-order valence-electron chi connectivity index (χ0n) is 63.5. The van der Waals surface area contributed by atoms with Gasteiger partial charge in [-0.05, 0) is 179 Å². The van der Waals surface area contributed by atoms with Crippen LogP contribution in [0.4, 0.5) is 17.1 Å². The van der Waals surface area contributed by atoms with Crippen LogP contribution < -0.4 is 21.3 Å². The Balaban J connectivity index is 1.10. The zero-order valence-corrected chi connectivity index (χ0v) is 56.3. The molecule has 2 aromatic heterocycles. The van der Waals surface area contributed by atoms with E-state index in [0.29, 0.717) is 5.69 Å². The maximum Gasteiger partial charge on any atom is 0.247 e. The van der Waals surface area contributed by atoms with Crippen LogP contribution in [0.5, 0.6) is 0 Å². The van der Waals surface area contributed by atoms with Gasteiger partial charge in [0.05, 0.1) is 44.1 Å². The molecule has 0 saturated heterocycles. The van der Waals surface area contributed by atoms with Gasteiger partial charge in [0, 0.05) is 59.6 Å². The quantitative estimate of drug-likeness (QED) is 0.159. The number of anilines is 3. The summed E-state index contributed by atoms with van der Waals surface area (Å²) in [5.74, 6) is 0. The SMILES string of the molecule is [2H]c1c([2H])c([2H])c2c(c1[2H])c1c([2H])c([2H])c([2H])c([2H])c1n2-c1cc2c3c(c1)C1(c4ccccc4Sc4ccccc41)c1cc(-c4cccc(C(C)(C)C)c4)ccc1B3c1ccc(-n3c4ccc(C(C)(C)C)cc4c4cc(C(C)(C)C)ccc43)cc1N2c1ccc(C(C)(C)C)cc1-c1ccccc1. The summed E-state index contributed by atoms with van der Waals surface area (Å²) in [5, 5.41) is 2.38. The number of para-hydroxylation sites is 2. The predicted octanol–water partition coefficient (Wildman–Crippen LogP) is 21.9. The third-order valence-corrected chi connectivity index (χ3v) is 21.7. The molecule has 94 heavy (non-hydrogen) atoms. The van der Waals surface area contributed by atoms with Crippen molar-refractivity contribution in [3.05, 3.63) is 299 Å². The zero-order chi connectivity index (χ0) is 71.5. The lowest BCUT2D eigenvalue weighted by atomic mass is 9.29. The van der Waals surface area contributed by atoms with Crippen molar-refractivity contribution >= 4 is 95.5 Å². The summed E-state index contributed by atoms with van der Waals surface area (Å²) in [6, 6.07) is 73.1. The second kappa shape index (κ2) is 20.7. The second-order valence-corrected chi connectivity index (χ2v) is 31.4. The fourth-order valence-corrected chi connectivity index (χ4v) is 16.9. The van der Waals surface area contributed by atoms with Gasteiger partial charge in [0.25, 0.3) is 0 Å². The van der Waals surface area contributed by atoms with Crippen LogP contribution in [-0.2, 0) is 27.1 Å². The number of hydrogen-bond donors (Lipinski definition) is 0. The highest BCUT2D eigenvalue weighted by molar-refractivity contribution is 7.99. The first-order valence-corrected chi connectivity index (χ1v) is 33.8. The van der Waals surface area contributed by atoms with E-state index in [-0.39, 0.29) is 67.6 Å². The number of aromatic nitrogens is 2. The number of rotatable bonds is 5. The van der Waals surface area contributed by atoms with Crippen molar-refractivity contribution in [3.8, 4) is 33.6 Å². The monoisotopic (exact) mass is 1240 g/mol. The Morgan fingerprint density at radius 2 is 0.862 bits per heavy atom. The van der Waals surface area contributed by atoms with Gasteiger partial charge in [-0.3, -0.25) is 0 Å². The van der Waals surface area contributed by atoms with E-state index in [4.69, 9.17) is 0 Å². The average molecular weight is 1240 g/mol. The van der Waals surface area contributed by atoms with Crippen molar-refractivity contribution in [1.29, 1.82) is 0 Å². The van der Waals surface area contributed by atoms with E-state index in [1.165, 1.54) is 27.5 Å². The summed E-state index contributed by atoms with van der Waals surface area (Å²) >= 11 is 1.76. The van der Waals surface area contributed by atoms with Crippen LogP contribution in [-0.4, -0.2) is 15.8 Å². The van der Waals surface area contributed by atoms with Gasteiger partial charge in [-0.2, -0.15) is 0 Å². The minimum absolute atomic E-state index is 0.0191. The normalized spacial score (nSPS) is 15.4. The molecule has 0 N–H and O–H groups in total. The first-order valence-electron chi connectivity index (χ1n) is 37.0. The number of fused-ring (bicyclic) bond motifs is 16. The topological polar surface area (TPSA) is 13.1 Å². The molecule has 0 atom stereocenters. The Kier molecular flexibility index (Phi) is 11.0. The first-order chi connectivity index (χ1) is 48.5. The van der Waals surface area contributed by atoms with Crippen LogP contribution in [0.15, 0.2) is 264 Å². The first kappa shape index (κ1) is 50.0. The minimum Gasteiger partial charge on any atom is -0.311 e. The molecule has 3 aliphatic heterocycles. The molecular weight excluding hydrogens is 1150 g/mol. The molecule has 17 rings (SSSR count). The highest BCUT2D eigenvalue weighted by atomic mass is 32.2. The molecule has 0 unspecified atom stereocenters. The highest BCUT2D eigenvalue weighted by Gasteiger charge is 2.55. The van der Waals surface area contributed by atoms with Crippen LogP contribution in [0.25, 0.3) is 77.2 Å². The maximum atomic E-state index is 10.1. The standard InChI is InChI=1S/C89H78BN3S/c1-85(2,3)58-28-24-27-56(47-58)57-37-42-73-71(48-57)89(69-31-18-22-35-82(69)94-83-36-23-19-32-70(83)89)72-52-63(92-75-33-20-16-29-64(75)65-30-17-21-34-76(65)92)54-81-84(72)90(73)74-43-41-62(53-80(74)93(81)77-44-38-59(86(4,5)6)49-66(77)55-25-14-13-15-26-55)91-78-45-39-60(87(7,8)9)50-67(78)68-51-61(88(10,11)12)40-46-79(68)91/h13-54H,1-12H3/i16D,17D,20D,21D,29D,30D,33D,34D. The second-order valence-electron chi connectivity index (χ2n) is 30.3. The molecule has 0 amide bonds. The molecule has 1 spiro atoms. The van der Waals surface area contributed by atoms with Gasteiger partial charge < -0.3 is 14.0 Å². The van der Waals surface area contributed by atoms with Crippen LogP contribution in [0.1, 0.15) is 139 Å². The Bertz CT molecular complexity index is 5780. The molecule has 5 heterocycles. The Morgan fingerprint density at radius 3 is 1.48 bits per heavy atom. The molecule has 0 bridgehead atoms. The molecular formula is C89H78BN3S. The van der Waals surface area contributed by atoms with Crippen molar-refractivity contribution in [2.45, 2.75) is 120 Å². The van der Waals surface area contributed by atoms with Gasteiger partial charge in [0.2, 0.25) is 6.71 Å². The molecule has 5 heteroatoms. The largest absolute Gasteiger partial charge is 0.311 e. The van der Waals surface area contributed by atoms with Crippen LogP contribution in [0, 0.1) is 0 Å². The van der Waals surface area contributed by atoms with Gasteiger partial charge >= 0.3 is 0 Å². The number of nitrogens with zero attached hydrogens (tertiary/aromatic N) is 3. The summed E-state index contributed by atoms with van der Waals surface area (Å²) in [4.78, 5) is 4.61. The van der Waals surface area contributed by atoms with Crippen molar-refractivity contribution < 1.29 is 11.0 Å². The summed E-state index contributed by atoms with van der Waals surface area (Å²) < 4.78 is 81.2. The molecule has 0 fully saturated rings.